The number of carbonyl (C=O) groups is 6. The number of likely N-dealkylation sites (tertiary alicyclic amines) is 2. The summed E-state index contributed by atoms with van der Waals surface area (Å²) < 4.78 is 0. The van der Waals surface area contributed by atoms with Gasteiger partial charge in [0.05, 0.1) is 6.04 Å². The molecule has 2 aliphatic heterocycles. The second-order valence-electron chi connectivity index (χ2n) is 9.87. The molecule has 0 bridgehead atoms. The molecule has 37 heavy (non-hydrogen) atoms. The Morgan fingerprint density at radius 2 is 1.54 bits per heavy atom. The number of nitrogens with zero attached hydrogens (tertiary/aromatic N) is 2. The van der Waals surface area contributed by atoms with E-state index in [2.05, 4.69) is 10.6 Å². The number of hydrogen-bond donors (Lipinski definition) is 5. The van der Waals surface area contributed by atoms with Crippen LogP contribution in [0, 0.1) is 5.92 Å². The molecule has 6 N–H and O–H groups in total. The van der Waals surface area contributed by atoms with Crippen molar-refractivity contribution in [3.05, 3.63) is 0 Å². The van der Waals surface area contributed by atoms with Gasteiger partial charge in [-0.25, -0.2) is 4.79 Å². The summed E-state index contributed by atoms with van der Waals surface area (Å²) >= 11 is 0. The lowest BCUT2D eigenvalue weighted by Gasteiger charge is -2.33. The third kappa shape index (κ3) is 7.63. The van der Waals surface area contributed by atoms with Crippen molar-refractivity contribution >= 4 is 35.6 Å². The van der Waals surface area contributed by atoms with Gasteiger partial charge in [0.15, 0.2) is 0 Å². The number of aliphatic carboxylic acids is 2. The molecule has 2 heterocycles. The van der Waals surface area contributed by atoms with Gasteiger partial charge in [-0.1, -0.05) is 20.3 Å². The summed E-state index contributed by atoms with van der Waals surface area (Å²) in [5.41, 5.74) is 5.59. The summed E-state index contributed by atoms with van der Waals surface area (Å²) in [7, 11) is 0. The second kappa shape index (κ2) is 13.4. The maximum atomic E-state index is 13.5. The zero-order chi connectivity index (χ0) is 27.9. The van der Waals surface area contributed by atoms with Gasteiger partial charge in [0.2, 0.25) is 23.6 Å². The van der Waals surface area contributed by atoms with Crippen LogP contribution < -0.4 is 16.4 Å². The predicted molar refractivity (Wildman–Crippen MR) is 131 cm³/mol. The summed E-state index contributed by atoms with van der Waals surface area (Å²) in [4.78, 5) is 77.5. The van der Waals surface area contributed by atoms with Crippen LogP contribution >= 0.6 is 0 Å². The minimum absolute atomic E-state index is 0.162. The van der Waals surface area contributed by atoms with E-state index >= 15 is 0 Å². The van der Waals surface area contributed by atoms with E-state index in [4.69, 9.17) is 10.8 Å². The Hall–Kier alpha value is -3.22. The number of nitrogens with one attached hydrogen (secondary N) is 2. The lowest BCUT2D eigenvalue weighted by Crippen LogP contribution is -2.58. The molecule has 208 valence electrons. The van der Waals surface area contributed by atoms with Gasteiger partial charge in [0.1, 0.15) is 24.2 Å². The SMILES string of the molecule is CC[C@H](C)[C@H](NC(=O)[C@@H]1CCCN1C(=O)[C@@H]1CCCN1C(=O)[C@H](CCC(=O)O)NC(=O)[C@H](C)N)C(=O)O. The normalized spacial score (nSPS) is 22.6. The van der Waals surface area contributed by atoms with Crippen molar-refractivity contribution in [2.45, 2.75) is 95.9 Å². The number of carboxylic acid groups (broad SMARTS) is 2. The highest BCUT2D eigenvalue weighted by atomic mass is 16.4. The Bertz CT molecular complexity index is 894. The van der Waals surface area contributed by atoms with Crippen molar-refractivity contribution in [3.8, 4) is 0 Å². The van der Waals surface area contributed by atoms with E-state index in [1.54, 1.807) is 6.92 Å². The van der Waals surface area contributed by atoms with Gasteiger partial charge in [-0.05, 0) is 44.9 Å². The average molecular weight is 526 g/mol. The molecule has 0 aromatic carbocycles. The van der Waals surface area contributed by atoms with Crippen LogP contribution in [-0.4, -0.2) is 98.9 Å². The topological polar surface area (TPSA) is 199 Å². The molecule has 0 unspecified atom stereocenters. The van der Waals surface area contributed by atoms with E-state index in [0.29, 0.717) is 38.6 Å². The molecule has 13 nitrogen and oxygen atoms in total. The van der Waals surface area contributed by atoms with Crippen LogP contribution in [0.15, 0.2) is 0 Å². The summed E-state index contributed by atoms with van der Waals surface area (Å²) in [6.07, 6.45) is 1.82. The van der Waals surface area contributed by atoms with Gasteiger partial charge in [0, 0.05) is 19.5 Å². The van der Waals surface area contributed by atoms with E-state index < -0.39 is 65.8 Å². The van der Waals surface area contributed by atoms with Gasteiger partial charge in [-0.15, -0.1) is 0 Å². The lowest BCUT2D eigenvalue weighted by atomic mass is 9.98. The lowest BCUT2D eigenvalue weighted by molar-refractivity contribution is -0.149. The Labute approximate surface area is 216 Å². The maximum Gasteiger partial charge on any atom is 0.326 e. The molecule has 6 atom stereocenters. The average Bonchev–Trinajstić information content (AvgIpc) is 3.53. The monoisotopic (exact) mass is 525 g/mol. The molecular weight excluding hydrogens is 486 g/mol. The zero-order valence-corrected chi connectivity index (χ0v) is 21.6. The quantitative estimate of drug-likeness (QED) is 0.218. The van der Waals surface area contributed by atoms with Gasteiger partial charge in [0.25, 0.3) is 0 Å². The number of hydrogen-bond acceptors (Lipinski definition) is 7. The molecule has 2 saturated heterocycles. The van der Waals surface area contributed by atoms with E-state index in [1.165, 1.54) is 16.7 Å². The number of amides is 4. The third-order valence-corrected chi connectivity index (χ3v) is 7.11. The van der Waals surface area contributed by atoms with Crippen molar-refractivity contribution in [3.63, 3.8) is 0 Å². The molecule has 0 aliphatic carbocycles. The van der Waals surface area contributed by atoms with Crippen molar-refractivity contribution in [2.24, 2.45) is 11.7 Å². The molecule has 2 rings (SSSR count). The Morgan fingerprint density at radius 3 is 2.08 bits per heavy atom. The van der Waals surface area contributed by atoms with Gasteiger partial charge >= 0.3 is 11.9 Å². The molecule has 4 amide bonds. The van der Waals surface area contributed by atoms with Crippen LogP contribution in [0.2, 0.25) is 0 Å². The minimum Gasteiger partial charge on any atom is -0.481 e. The van der Waals surface area contributed by atoms with Gasteiger partial charge in [-0.2, -0.15) is 0 Å². The molecule has 0 aromatic heterocycles. The first-order valence-electron chi connectivity index (χ1n) is 12.8. The van der Waals surface area contributed by atoms with Crippen molar-refractivity contribution in [1.82, 2.24) is 20.4 Å². The van der Waals surface area contributed by atoms with Crippen LogP contribution in [0.5, 0.6) is 0 Å². The largest absolute Gasteiger partial charge is 0.481 e. The first-order chi connectivity index (χ1) is 17.4. The zero-order valence-electron chi connectivity index (χ0n) is 21.6. The summed E-state index contributed by atoms with van der Waals surface area (Å²) in [6, 6.07) is -4.87. The Morgan fingerprint density at radius 1 is 0.946 bits per heavy atom. The molecule has 2 aliphatic rings. The number of rotatable bonds is 12. The molecule has 13 heteroatoms. The van der Waals surface area contributed by atoms with Crippen LogP contribution in [0.4, 0.5) is 0 Å². The highest BCUT2D eigenvalue weighted by Gasteiger charge is 2.44. The number of nitrogens with two attached hydrogens (primary N) is 1. The van der Waals surface area contributed by atoms with E-state index in [-0.39, 0.29) is 25.3 Å². The molecule has 0 aromatic rings. The maximum absolute atomic E-state index is 13.5. The number of carbonyl (C=O) groups excluding carboxylic acids is 4. The van der Waals surface area contributed by atoms with E-state index in [0.717, 1.165) is 0 Å². The number of carboxylic acids is 2. The fourth-order valence-electron chi connectivity index (χ4n) is 4.74. The van der Waals surface area contributed by atoms with Crippen molar-refractivity contribution < 1.29 is 39.0 Å². The molecule has 0 radical (unpaired) electrons. The van der Waals surface area contributed by atoms with Crippen molar-refractivity contribution in [2.75, 3.05) is 13.1 Å². The van der Waals surface area contributed by atoms with Crippen LogP contribution in [0.25, 0.3) is 0 Å². The van der Waals surface area contributed by atoms with Crippen LogP contribution in [0.3, 0.4) is 0 Å². The smallest absolute Gasteiger partial charge is 0.326 e. The second-order valence-corrected chi connectivity index (χ2v) is 9.87. The summed E-state index contributed by atoms with van der Waals surface area (Å²) in [5, 5.41) is 23.6. The van der Waals surface area contributed by atoms with Crippen LogP contribution in [-0.2, 0) is 28.8 Å². The van der Waals surface area contributed by atoms with Gasteiger partial charge in [-0.3, -0.25) is 24.0 Å². The minimum atomic E-state index is -1.16. The fourth-order valence-corrected chi connectivity index (χ4v) is 4.74. The Kier molecular flexibility index (Phi) is 10.8. The first kappa shape index (κ1) is 30.0. The molecule has 2 fully saturated rings. The highest BCUT2D eigenvalue weighted by Crippen LogP contribution is 2.26. The molecular formula is C24H39N5O8. The van der Waals surface area contributed by atoms with Gasteiger partial charge < -0.3 is 36.4 Å². The summed E-state index contributed by atoms with van der Waals surface area (Å²) in [5.74, 6) is -4.74. The van der Waals surface area contributed by atoms with E-state index in [1.807, 2.05) is 6.92 Å². The Balaban J connectivity index is 2.18. The molecule has 0 saturated carbocycles. The third-order valence-electron chi connectivity index (χ3n) is 7.11. The molecule has 0 spiro atoms. The summed E-state index contributed by atoms with van der Waals surface area (Å²) in [6.45, 7) is 5.52. The first-order valence-corrected chi connectivity index (χ1v) is 12.8. The standard InChI is InChI=1S/C24H39N5O8/c1-4-13(2)19(24(36)37)27-21(33)16-7-5-11-28(16)23(35)17-8-6-12-29(17)22(34)15(9-10-18(30)31)26-20(32)14(3)25/h13-17,19H,4-12,25H2,1-3H3,(H,26,32)(H,27,33)(H,30,31)(H,36,37)/t13-,14-,15-,16-,17-,19-/m0/s1. The highest BCUT2D eigenvalue weighted by molar-refractivity contribution is 5.96. The van der Waals surface area contributed by atoms with Crippen molar-refractivity contribution in [1.29, 1.82) is 0 Å². The predicted octanol–water partition coefficient (Wildman–Crippen LogP) is -0.719. The fraction of sp³-hybridized carbons (Fsp3) is 0.750. The van der Waals surface area contributed by atoms with Crippen LogP contribution in [0.1, 0.15) is 65.7 Å². The van der Waals surface area contributed by atoms with E-state index in [9.17, 15) is 33.9 Å².